The van der Waals surface area contributed by atoms with Crippen molar-refractivity contribution in [3.8, 4) is 5.75 Å². The third-order valence-corrected chi connectivity index (χ3v) is 9.31. The average molecular weight is 417 g/mol. The topological polar surface area (TPSA) is 77.5 Å². The van der Waals surface area contributed by atoms with Gasteiger partial charge in [-0.15, -0.1) is 0 Å². The minimum absolute atomic E-state index is 0.0267. The second-order valence-corrected chi connectivity index (χ2v) is 11.0. The molecule has 0 spiro atoms. The highest BCUT2D eigenvalue weighted by molar-refractivity contribution is 7.98. The molecule has 2 aromatic rings. The van der Waals surface area contributed by atoms with Gasteiger partial charge in [0.15, 0.2) is 19.7 Å². The van der Waals surface area contributed by atoms with E-state index < -0.39 is 30.7 Å². The van der Waals surface area contributed by atoms with E-state index in [4.69, 9.17) is 4.74 Å². The quantitative estimate of drug-likeness (QED) is 0.746. The van der Waals surface area contributed by atoms with Crippen LogP contribution in [0.25, 0.3) is 0 Å². The van der Waals surface area contributed by atoms with Crippen LogP contribution in [-0.4, -0.2) is 27.8 Å². The van der Waals surface area contributed by atoms with Crippen molar-refractivity contribution >= 4 is 19.7 Å². The lowest BCUT2D eigenvalue weighted by atomic mass is 10.1. The lowest BCUT2D eigenvalue weighted by Gasteiger charge is -2.17. The normalized spacial score (nSPS) is 20.8. The number of allylic oxidation sites excluding steroid dienone is 3. The molecule has 146 valence electrons. The molecule has 5 nitrogen and oxygen atoms in total. The summed E-state index contributed by atoms with van der Waals surface area (Å²) in [6, 6.07) is 15.9. The van der Waals surface area contributed by atoms with Crippen LogP contribution in [0.5, 0.6) is 5.75 Å². The van der Waals surface area contributed by atoms with Crippen LogP contribution >= 0.6 is 0 Å². The summed E-state index contributed by atoms with van der Waals surface area (Å²) < 4.78 is 57.6. The summed E-state index contributed by atoms with van der Waals surface area (Å²) in [5, 5.41) is -1.09. The Labute approximate surface area is 165 Å². The molecular formula is C21H20O5S2. The van der Waals surface area contributed by atoms with E-state index in [1.807, 2.05) is 36.4 Å². The van der Waals surface area contributed by atoms with Gasteiger partial charge in [-0.25, -0.2) is 16.8 Å². The van der Waals surface area contributed by atoms with Crippen LogP contribution in [-0.2, 0) is 26.3 Å². The Morgan fingerprint density at radius 3 is 2.50 bits per heavy atom. The zero-order valence-corrected chi connectivity index (χ0v) is 16.7. The van der Waals surface area contributed by atoms with Crippen LogP contribution in [0.4, 0.5) is 0 Å². The third-order valence-electron chi connectivity index (χ3n) is 5.02. The van der Waals surface area contributed by atoms with Crippen LogP contribution in [0.3, 0.4) is 0 Å². The molecule has 2 aromatic carbocycles. The maximum Gasteiger partial charge on any atom is 0.190 e. The van der Waals surface area contributed by atoms with Crippen LogP contribution in [0, 0.1) is 0 Å². The van der Waals surface area contributed by atoms with Gasteiger partial charge >= 0.3 is 0 Å². The minimum atomic E-state index is -3.93. The number of rotatable bonds is 5. The number of ether oxygens (including phenoxy) is 1. The number of hydrogen-bond acceptors (Lipinski definition) is 5. The molecule has 0 radical (unpaired) electrons. The molecule has 0 N–H and O–H groups in total. The summed E-state index contributed by atoms with van der Waals surface area (Å²) in [5.41, 5.74) is 1.32. The SMILES string of the molecule is O=S1(=O)CC(S(=O)(=O)c2ccccc2OCc2ccccc2)C2=C1CCC=C2. The fourth-order valence-electron chi connectivity index (χ4n) is 3.62. The van der Waals surface area contributed by atoms with Crippen molar-refractivity contribution in [2.24, 2.45) is 0 Å². The summed E-state index contributed by atoms with van der Waals surface area (Å²) in [7, 11) is -7.48. The first-order valence-corrected chi connectivity index (χ1v) is 12.2. The van der Waals surface area contributed by atoms with Gasteiger partial charge in [0.1, 0.15) is 22.5 Å². The predicted octanol–water partition coefficient (Wildman–Crippen LogP) is 3.44. The Hall–Kier alpha value is -2.38. The zero-order valence-electron chi connectivity index (χ0n) is 15.1. The van der Waals surface area contributed by atoms with Crippen LogP contribution < -0.4 is 4.74 Å². The Kier molecular flexibility index (Phi) is 4.89. The molecular weight excluding hydrogens is 396 g/mol. The molecule has 1 aliphatic carbocycles. The summed E-state index contributed by atoms with van der Waals surface area (Å²) >= 11 is 0. The first kappa shape index (κ1) is 19.0. The van der Waals surface area contributed by atoms with E-state index >= 15 is 0 Å². The number of sulfone groups is 2. The molecule has 0 bridgehead atoms. The van der Waals surface area contributed by atoms with Crippen molar-refractivity contribution in [2.75, 3.05) is 5.75 Å². The summed E-state index contributed by atoms with van der Waals surface area (Å²) in [4.78, 5) is 0.296. The number of benzene rings is 2. The van der Waals surface area contributed by atoms with Gasteiger partial charge in [0.05, 0.1) is 5.75 Å². The molecule has 1 unspecified atom stereocenters. The maximum absolute atomic E-state index is 13.4. The highest BCUT2D eigenvalue weighted by atomic mass is 32.2. The first-order valence-electron chi connectivity index (χ1n) is 9.01. The molecule has 1 aliphatic heterocycles. The third kappa shape index (κ3) is 3.40. The molecule has 0 amide bonds. The highest BCUT2D eigenvalue weighted by Crippen LogP contribution is 2.40. The zero-order chi connectivity index (χ0) is 19.8. The molecule has 2 aliphatic rings. The highest BCUT2D eigenvalue weighted by Gasteiger charge is 2.45. The van der Waals surface area contributed by atoms with E-state index in [1.54, 1.807) is 24.3 Å². The molecule has 1 heterocycles. The smallest absolute Gasteiger partial charge is 0.190 e. The number of hydrogen-bond donors (Lipinski definition) is 0. The second kappa shape index (κ2) is 7.22. The van der Waals surface area contributed by atoms with E-state index in [0.29, 0.717) is 18.4 Å². The van der Waals surface area contributed by atoms with E-state index in [-0.39, 0.29) is 22.2 Å². The Bertz CT molecular complexity index is 1160. The van der Waals surface area contributed by atoms with Crippen LogP contribution in [0.1, 0.15) is 18.4 Å². The molecule has 4 rings (SSSR count). The minimum Gasteiger partial charge on any atom is -0.488 e. The standard InChI is InChI=1S/C21H20O5S2/c22-27(23)15-21(17-10-4-6-12-19(17)27)28(24,25)20-13-7-5-11-18(20)26-14-16-8-2-1-3-9-16/h1-5,7-11,13,21H,6,12,14-15H2. The summed E-state index contributed by atoms with van der Waals surface area (Å²) in [6.45, 7) is 0.226. The Morgan fingerprint density at radius 1 is 1.00 bits per heavy atom. The van der Waals surface area contributed by atoms with Gasteiger partial charge in [-0.1, -0.05) is 54.6 Å². The van der Waals surface area contributed by atoms with E-state index in [9.17, 15) is 16.8 Å². The lowest BCUT2D eigenvalue weighted by molar-refractivity contribution is 0.298. The van der Waals surface area contributed by atoms with Crippen LogP contribution in [0.15, 0.2) is 82.1 Å². The van der Waals surface area contributed by atoms with Crippen LogP contribution in [0.2, 0.25) is 0 Å². The Balaban J connectivity index is 1.69. The molecule has 1 atom stereocenters. The predicted molar refractivity (Wildman–Crippen MR) is 107 cm³/mol. The van der Waals surface area contributed by atoms with E-state index in [2.05, 4.69) is 0 Å². The molecule has 0 aromatic heterocycles. The molecule has 7 heteroatoms. The van der Waals surface area contributed by atoms with Crippen molar-refractivity contribution in [3.05, 3.63) is 82.8 Å². The van der Waals surface area contributed by atoms with Crippen molar-refractivity contribution < 1.29 is 21.6 Å². The molecule has 0 fully saturated rings. The van der Waals surface area contributed by atoms with Crippen molar-refractivity contribution in [3.63, 3.8) is 0 Å². The Morgan fingerprint density at radius 2 is 1.71 bits per heavy atom. The van der Waals surface area contributed by atoms with Gasteiger partial charge in [-0.05, 0) is 36.1 Å². The number of para-hydroxylation sites is 1. The fraction of sp³-hybridized carbons (Fsp3) is 0.238. The molecule has 28 heavy (non-hydrogen) atoms. The summed E-state index contributed by atoms with van der Waals surface area (Å²) in [5.74, 6) is -0.172. The van der Waals surface area contributed by atoms with E-state index in [0.717, 1.165) is 5.56 Å². The van der Waals surface area contributed by atoms with Gasteiger partial charge in [0.2, 0.25) is 0 Å². The van der Waals surface area contributed by atoms with Gasteiger partial charge in [0.25, 0.3) is 0 Å². The van der Waals surface area contributed by atoms with Crippen molar-refractivity contribution in [2.45, 2.75) is 29.6 Å². The van der Waals surface area contributed by atoms with E-state index in [1.165, 1.54) is 6.07 Å². The summed E-state index contributed by atoms with van der Waals surface area (Å²) in [6.07, 6.45) is 4.47. The average Bonchev–Trinajstić information content (AvgIpc) is 2.99. The maximum atomic E-state index is 13.4. The van der Waals surface area contributed by atoms with Gasteiger partial charge in [0, 0.05) is 4.91 Å². The molecule has 0 saturated carbocycles. The first-order chi connectivity index (χ1) is 13.4. The fourth-order valence-corrected chi connectivity index (χ4v) is 8.27. The van der Waals surface area contributed by atoms with Gasteiger partial charge in [-0.3, -0.25) is 0 Å². The lowest BCUT2D eigenvalue weighted by Crippen LogP contribution is -2.26. The second-order valence-electron chi connectivity index (χ2n) is 6.86. The largest absolute Gasteiger partial charge is 0.488 e. The molecule has 0 saturated heterocycles. The van der Waals surface area contributed by atoms with Crippen molar-refractivity contribution in [1.29, 1.82) is 0 Å². The van der Waals surface area contributed by atoms with Crippen molar-refractivity contribution in [1.82, 2.24) is 0 Å². The van der Waals surface area contributed by atoms with Gasteiger partial charge < -0.3 is 4.74 Å². The monoisotopic (exact) mass is 416 g/mol. The van der Waals surface area contributed by atoms with Gasteiger partial charge in [-0.2, -0.15) is 0 Å².